The van der Waals surface area contributed by atoms with Crippen molar-refractivity contribution in [1.82, 2.24) is 4.98 Å². The third kappa shape index (κ3) is 3.40. The highest BCUT2D eigenvalue weighted by Crippen LogP contribution is 2.49. The SMILES string of the molecule is O=C(O)Cc1ncc(Cl)cc1-c1c(Cl)c(Cl)c(Cl)c(Cl)c1Cl. The van der Waals surface area contributed by atoms with Gasteiger partial charge in [-0.25, -0.2) is 0 Å². The molecule has 9 heteroatoms. The van der Waals surface area contributed by atoms with Crippen LogP contribution >= 0.6 is 69.6 Å². The molecule has 1 aromatic heterocycles. The monoisotopic (exact) mass is 417 g/mol. The van der Waals surface area contributed by atoms with E-state index in [0.717, 1.165) is 0 Å². The van der Waals surface area contributed by atoms with Crippen LogP contribution in [-0.2, 0) is 11.2 Å². The third-order valence-electron chi connectivity index (χ3n) is 2.73. The van der Waals surface area contributed by atoms with E-state index in [-0.39, 0.29) is 47.8 Å². The molecule has 0 atom stereocenters. The van der Waals surface area contributed by atoms with E-state index in [9.17, 15) is 4.79 Å². The predicted octanol–water partition coefficient (Wildman–Crippen LogP) is 6.30. The van der Waals surface area contributed by atoms with E-state index < -0.39 is 5.97 Å². The number of aliphatic carboxylic acids is 1. The lowest BCUT2D eigenvalue weighted by atomic mass is 10.0. The summed E-state index contributed by atoms with van der Waals surface area (Å²) in [6.07, 6.45) is 0.974. The summed E-state index contributed by atoms with van der Waals surface area (Å²) in [4.78, 5) is 15.0. The van der Waals surface area contributed by atoms with E-state index in [4.69, 9.17) is 74.7 Å². The van der Waals surface area contributed by atoms with Gasteiger partial charge in [-0.05, 0) is 6.07 Å². The van der Waals surface area contributed by atoms with Crippen LogP contribution in [0.15, 0.2) is 12.3 Å². The van der Waals surface area contributed by atoms with Gasteiger partial charge in [0.1, 0.15) is 0 Å². The zero-order valence-electron chi connectivity index (χ0n) is 10.4. The second-order valence-corrected chi connectivity index (χ2v) is 6.49. The Morgan fingerprint density at radius 2 is 1.45 bits per heavy atom. The minimum Gasteiger partial charge on any atom is -0.481 e. The molecular formula is C13H5Cl6NO2. The van der Waals surface area contributed by atoms with Crippen molar-refractivity contribution in [3.8, 4) is 11.1 Å². The quantitative estimate of drug-likeness (QED) is 0.469. The van der Waals surface area contributed by atoms with E-state index in [1.54, 1.807) is 0 Å². The lowest BCUT2D eigenvalue weighted by molar-refractivity contribution is -0.136. The molecule has 0 fully saturated rings. The number of carboxylic acid groups (broad SMARTS) is 1. The van der Waals surface area contributed by atoms with Crippen LogP contribution in [0.1, 0.15) is 5.69 Å². The van der Waals surface area contributed by atoms with Crippen LogP contribution in [0.5, 0.6) is 0 Å². The Hall–Kier alpha value is -0.420. The lowest BCUT2D eigenvalue weighted by Crippen LogP contribution is -2.05. The summed E-state index contributed by atoms with van der Waals surface area (Å²) in [6, 6.07) is 1.49. The maximum absolute atomic E-state index is 11.0. The number of halogens is 6. The molecule has 3 nitrogen and oxygen atoms in total. The molecule has 0 saturated carbocycles. The molecule has 0 unspecified atom stereocenters. The average Bonchev–Trinajstić information content (AvgIpc) is 2.45. The Labute approximate surface area is 155 Å². The summed E-state index contributed by atoms with van der Waals surface area (Å²) < 4.78 is 0. The topological polar surface area (TPSA) is 50.2 Å². The second-order valence-electron chi connectivity index (χ2n) is 4.16. The summed E-state index contributed by atoms with van der Waals surface area (Å²) >= 11 is 36.3. The molecule has 0 radical (unpaired) electrons. The predicted molar refractivity (Wildman–Crippen MR) is 91.1 cm³/mol. The fraction of sp³-hybridized carbons (Fsp3) is 0.0769. The highest BCUT2D eigenvalue weighted by molar-refractivity contribution is 6.56. The molecule has 116 valence electrons. The Morgan fingerprint density at radius 1 is 0.955 bits per heavy atom. The molecule has 2 aromatic rings. The van der Waals surface area contributed by atoms with Crippen molar-refractivity contribution in [3.05, 3.63) is 48.1 Å². The van der Waals surface area contributed by atoms with Crippen LogP contribution in [-0.4, -0.2) is 16.1 Å². The summed E-state index contributed by atoms with van der Waals surface area (Å²) in [5, 5.41) is 9.37. The normalized spacial score (nSPS) is 10.8. The van der Waals surface area contributed by atoms with Crippen LogP contribution in [0.3, 0.4) is 0 Å². The molecule has 22 heavy (non-hydrogen) atoms. The third-order valence-corrected chi connectivity index (χ3v) is 5.22. The van der Waals surface area contributed by atoms with E-state index >= 15 is 0 Å². The summed E-state index contributed by atoms with van der Waals surface area (Å²) in [5.74, 6) is -1.07. The number of pyridine rings is 1. The van der Waals surface area contributed by atoms with Gasteiger partial charge in [-0.2, -0.15) is 0 Å². The first kappa shape index (κ1) is 17.9. The van der Waals surface area contributed by atoms with Crippen molar-refractivity contribution in [1.29, 1.82) is 0 Å². The zero-order chi connectivity index (χ0) is 16.6. The number of aromatic nitrogens is 1. The van der Waals surface area contributed by atoms with E-state index in [2.05, 4.69) is 4.98 Å². The van der Waals surface area contributed by atoms with Gasteiger partial charge in [0.05, 0.1) is 42.3 Å². The van der Waals surface area contributed by atoms with Crippen LogP contribution in [0.25, 0.3) is 11.1 Å². The van der Waals surface area contributed by atoms with Crippen LogP contribution in [0.2, 0.25) is 30.1 Å². The summed E-state index contributed by atoms with van der Waals surface area (Å²) in [6.45, 7) is 0. The number of carboxylic acids is 1. The van der Waals surface area contributed by atoms with Crippen molar-refractivity contribution in [2.75, 3.05) is 0 Å². The molecular weight excluding hydrogens is 415 g/mol. The molecule has 0 saturated heterocycles. The minimum atomic E-state index is -1.07. The highest BCUT2D eigenvalue weighted by Gasteiger charge is 2.23. The first-order valence-electron chi connectivity index (χ1n) is 5.62. The maximum Gasteiger partial charge on any atom is 0.309 e. The number of rotatable bonds is 3. The van der Waals surface area contributed by atoms with Crippen molar-refractivity contribution in [3.63, 3.8) is 0 Å². The Morgan fingerprint density at radius 3 is 1.95 bits per heavy atom. The second kappa shape index (κ2) is 7.00. The fourth-order valence-electron chi connectivity index (χ4n) is 1.81. The number of hydrogen-bond acceptors (Lipinski definition) is 2. The van der Waals surface area contributed by atoms with E-state index in [1.807, 2.05) is 0 Å². The fourth-order valence-corrected chi connectivity index (χ4v) is 3.31. The van der Waals surface area contributed by atoms with Gasteiger partial charge >= 0.3 is 5.97 Å². The van der Waals surface area contributed by atoms with Crippen molar-refractivity contribution >= 4 is 75.6 Å². The molecule has 2 rings (SSSR count). The minimum absolute atomic E-state index is 0.00832. The Balaban J connectivity index is 2.82. The first-order valence-corrected chi connectivity index (χ1v) is 7.88. The molecule has 0 aliphatic rings. The molecule has 1 aromatic carbocycles. The molecule has 0 aliphatic carbocycles. The standard InChI is InChI=1S/C13H5Cl6NO2/c14-4-1-5(6(20-3-4)2-7(21)22)8-9(15)11(17)13(19)12(18)10(8)16/h1,3H,2H2,(H,21,22). The van der Waals surface area contributed by atoms with Crippen LogP contribution in [0, 0.1) is 0 Å². The molecule has 0 bridgehead atoms. The Bertz CT molecular complexity index is 749. The largest absolute Gasteiger partial charge is 0.481 e. The number of hydrogen-bond donors (Lipinski definition) is 1. The average molecular weight is 420 g/mol. The maximum atomic E-state index is 11.0. The molecule has 0 aliphatic heterocycles. The van der Waals surface area contributed by atoms with Gasteiger partial charge < -0.3 is 5.11 Å². The van der Waals surface area contributed by atoms with E-state index in [0.29, 0.717) is 5.56 Å². The van der Waals surface area contributed by atoms with Crippen molar-refractivity contribution in [2.45, 2.75) is 6.42 Å². The van der Waals surface area contributed by atoms with Gasteiger partial charge in [-0.15, -0.1) is 0 Å². The van der Waals surface area contributed by atoms with Gasteiger partial charge in [-0.3, -0.25) is 9.78 Å². The molecule has 0 amide bonds. The molecule has 0 spiro atoms. The highest BCUT2D eigenvalue weighted by atomic mass is 35.5. The van der Waals surface area contributed by atoms with Gasteiger partial charge in [0, 0.05) is 17.3 Å². The van der Waals surface area contributed by atoms with Crippen molar-refractivity contribution in [2.24, 2.45) is 0 Å². The Kier molecular flexibility index (Phi) is 5.70. The number of nitrogens with zero attached hydrogens (tertiary/aromatic N) is 1. The van der Waals surface area contributed by atoms with Crippen molar-refractivity contribution < 1.29 is 9.90 Å². The summed E-state index contributed by atoms with van der Waals surface area (Å²) in [5.41, 5.74) is 0.773. The van der Waals surface area contributed by atoms with Gasteiger partial charge in [-0.1, -0.05) is 69.6 Å². The molecule has 1 heterocycles. The molecule has 1 N–H and O–H groups in total. The smallest absolute Gasteiger partial charge is 0.309 e. The number of benzene rings is 1. The van der Waals surface area contributed by atoms with Crippen LogP contribution in [0.4, 0.5) is 0 Å². The first-order chi connectivity index (χ1) is 10.2. The lowest BCUT2D eigenvalue weighted by Gasteiger charge is -2.15. The number of carbonyl (C=O) groups is 1. The zero-order valence-corrected chi connectivity index (χ0v) is 15.0. The van der Waals surface area contributed by atoms with Crippen LogP contribution < -0.4 is 0 Å². The van der Waals surface area contributed by atoms with E-state index in [1.165, 1.54) is 12.3 Å². The summed E-state index contributed by atoms with van der Waals surface area (Å²) in [7, 11) is 0. The van der Waals surface area contributed by atoms with Gasteiger partial charge in [0.25, 0.3) is 0 Å². The van der Waals surface area contributed by atoms with Gasteiger partial charge in [0.2, 0.25) is 0 Å². The van der Waals surface area contributed by atoms with Gasteiger partial charge in [0.15, 0.2) is 0 Å².